The molecule has 5 rings (SSSR count). The van der Waals surface area contributed by atoms with Gasteiger partial charge in [0.2, 0.25) is 10.0 Å². The van der Waals surface area contributed by atoms with Gasteiger partial charge in [0, 0.05) is 46.6 Å². The van der Waals surface area contributed by atoms with Crippen molar-refractivity contribution in [3.8, 4) is 22.3 Å². The van der Waals surface area contributed by atoms with Crippen LogP contribution in [-0.2, 0) is 23.5 Å². The number of aryl methyl sites for hydroxylation is 1. The van der Waals surface area contributed by atoms with Crippen LogP contribution in [0.15, 0.2) is 66.9 Å². The first-order chi connectivity index (χ1) is 18.9. The van der Waals surface area contributed by atoms with Gasteiger partial charge in [-0.15, -0.1) is 0 Å². The Balaban J connectivity index is 1.74. The van der Waals surface area contributed by atoms with E-state index < -0.39 is 27.7 Å². The second kappa shape index (κ2) is 10.8. The minimum absolute atomic E-state index is 0.0724. The largest absolute Gasteiger partial charge is 0.322 e. The number of pyridine rings is 1. The summed E-state index contributed by atoms with van der Waals surface area (Å²) in [5, 5.41) is 5.56. The highest BCUT2D eigenvalue weighted by atomic mass is 35.5. The van der Waals surface area contributed by atoms with Gasteiger partial charge in [0.05, 0.1) is 33.9 Å². The normalized spacial score (nSPS) is 12.6. The lowest BCUT2D eigenvalue weighted by Crippen LogP contribution is -2.17. The van der Waals surface area contributed by atoms with Gasteiger partial charge < -0.3 is 5.73 Å². The molecule has 2 aromatic heterocycles. The number of nitrogens with two attached hydrogens (primary N) is 1. The molecule has 3 N–H and O–H groups in total. The van der Waals surface area contributed by atoms with E-state index in [1.807, 2.05) is 24.3 Å². The fraction of sp³-hybridized carbons (Fsp3) is 0.143. The van der Waals surface area contributed by atoms with Crippen molar-refractivity contribution < 1.29 is 17.2 Å². The number of sulfonamides is 1. The van der Waals surface area contributed by atoms with Crippen LogP contribution in [0.25, 0.3) is 33.2 Å². The van der Waals surface area contributed by atoms with Crippen LogP contribution in [0.5, 0.6) is 0 Å². The van der Waals surface area contributed by atoms with E-state index in [1.165, 1.54) is 16.8 Å². The first-order valence-electron chi connectivity index (χ1n) is 12.0. The number of nitrogens with one attached hydrogen (secondary N) is 1. The maximum Gasteiger partial charge on any atom is 0.231 e. The van der Waals surface area contributed by atoms with Crippen LogP contribution < -0.4 is 10.5 Å². The van der Waals surface area contributed by atoms with Crippen LogP contribution in [0.1, 0.15) is 17.3 Å². The number of rotatable bonds is 7. The summed E-state index contributed by atoms with van der Waals surface area (Å²) < 4.78 is 55.8. The Labute approximate surface area is 239 Å². The second-order valence-electron chi connectivity index (χ2n) is 9.39. The number of nitrogens with zero attached hydrogens (tertiary/aromatic N) is 3. The van der Waals surface area contributed by atoms with Crippen LogP contribution in [0.3, 0.4) is 0 Å². The van der Waals surface area contributed by atoms with Crippen LogP contribution in [0.4, 0.5) is 14.6 Å². The molecule has 0 radical (unpaired) electrons. The second-order valence-corrected chi connectivity index (χ2v) is 12.0. The maximum absolute atomic E-state index is 13.9. The number of anilines is 1. The Hall–Kier alpha value is -3.57. The van der Waals surface area contributed by atoms with E-state index in [4.69, 9.17) is 33.9 Å². The van der Waals surface area contributed by atoms with E-state index in [-0.39, 0.29) is 17.3 Å². The molecule has 0 fully saturated rings. The summed E-state index contributed by atoms with van der Waals surface area (Å²) in [7, 11) is -1.99. The predicted molar refractivity (Wildman–Crippen MR) is 155 cm³/mol. The Morgan fingerprint density at radius 1 is 0.975 bits per heavy atom. The molecule has 0 saturated carbocycles. The molecule has 2 heterocycles. The molecule has 5 aromatic rings. The first kappa shape index (κ1) is 28.0. The Morgan fingerprint density at radius 2 is 1.68 bits per heavy atom. The minimum Gasteiger partial charge on any atom is -0.322 e. The Kier molecular flexibility index (Phi) is 7.54. The number of hydrogen-bond donors (Lipinski definition) is 2. The number of halogens is 4. The molecule has 0 aliphatic heterocycles. The first-order valence-corrected chi connectivity index (χ1v) is 14.6. The molecule has 7 nitrogen and oxygen atoms in total. The van der Waals surface area contributed by atoms with Gasteiger partial charge in [-0.05, 0) is 42.3 Å². The van der Waals surface area contributed by atoms with Gasteiger partial charge in [-0.2, -0.15) is 5.10 Å². The lowest BCUT2D eigenvalue weighted by Gasteiger charge is -2.19. The van der Waals surface area contributed by atoms with Gasteiger partial charge in [0.15, 0.2) is 5.82 Å². The third-order valence-corrected chi connectivity index (χ3v) is 7.55. The molecule has 3 aromatic carbocycles. The number of aromatic nitrogens is 3. The fourth-order valence-corrected chi connectivity index (χ4v) is 5.73. The van der Waals surface area contributed by atoms with Crippen molar-refractivity contribution in [2.75, 3.05) is 11.0 Å². The van der Waals surface area contributed by atoms with Gasteiger partial charge in [0.1, 0.15) is 11.6 Å². The topological polar surface area (TPSA) is 103 Å². The highest BCUT2D eigenvalue weighted by Gasteiger charge is 2.23. The summed E-state index contributed by atoms with van der Waals surface area (Å²) in [5.41, 5.74) is 10.6. The monoisotopic (exact) mass is 601 g/mol. The Morgan fingerprint density at radius 3 is 2.35 bits per heavy atom. The average molecular weight is 602 g/mol. The standard InChI is InChI=1S/C28H23Cl2F2N5O2S/c1-37-27-20(7-8-23(30)25(27)28(35-37)36-40(2,38)39)21-12-16(19-5-3-4-6-22(19)29)14-34-26(21)24(33)11-15-9-17(31)13-18(32)10-15/h3-10,12-14,24H,11,33H2,1-2H3,(H,35,36). The quantitative estimate of drug-likeness (QED) is 0.221. The van der Waals surface area contributed by atoms with Gasteiger partial charge in [-0.3, -0.25) is 14.4 Å². The Bertz CT molecular complexity index is 1860. The highest BCUT2D eigenvalue weighted by molar-refractivity contribution is 7.92. The third-order valence-electron chi connectivity index (χ3n) is 6.34. The van der Waals surface area contributed by atoms with Crippen molar-refractivity contribution in [2.45, 2.75) is 12.5 Å². The zero-order valence-corrected chi connectivity index (χ0v) is 23.6. The molecular formula is C28H23Cl2F2N5O2S. The van der Waals surface area contributed by atoms with Crippen molar-refractivity contribution >= 4 is 49.9 Å². The molecule has 0 aliphatic rings. The van der Waals surface area contributed by atoms with E-state index in [2.05, 4.69) is 9.82 Å². The lowest BCUT2D eigenvalue weighted by atomic mass is 9.92. The van der Waals surface area contributed by atoms with Crippen LogP contribution in [0, 0.1) is 11.6 Å². The van der Waals surface area contributed by atoms with Crippen molar-refractivity contribution in [3.63, 3.8) is 0 Å². The van der Waals surface area contributed by atoms with Crippen molar-refractivity contribution in [2.24, 2.45) is 12.8 Å². The van der Waals surface area contributed by atoms with E-state index in [0.29, 0.717) is 43.9 Å². The number of benzene rings is 3. The fourth-order valence-electron chi connectivity index (χ4n) is 4.75. The SMILES string of the molecule is Cn1nc(NS(C)(=O)=O)c2c(Cl)ccc(-c3cc(-c4ccccc4Cl)cnc3C(N)Cc3cc(F)cc(F)c3)c21. The molecule has 40 heavy (non-hydrogen) atoms. The van der Waals surface area contributed by atoms with Crippen LogP contribution in [-0.4, -0.2) is 29.4 Å². The number of hydrogen-bond acceptors (Lipinski definition) is 5. The van der Waals surface area contributed by atoms with Gasteiger partial charge >= 0.3 is 0 Å². The van der Waals surface area contributed by atoms with E-state index in [0.717, 1.165) is 17.9 Å². The summed E-state index contributed by atoms with van der Waals surface area (Å²) in [4.78, 5) is 4.69. The minimum atomic E-state index is -3.65. The smallest absolute Gasteiger partial charge is 0.231 e. The average Bonchev–Trinajstić information content (AvgIpc) is 3.18. The zero-order chi connectivity index (χ0) is 28.8. The highest BCUT2D eigenvalue weighted by Crippen LogP contribution is 2.41. The van der Waals surface area contributed by atoms with E-state index in [1.54, 1.807) is 31.4 Å². The molecule has 0 bridgehead atoms. The number of fused-ring (bicyclic) bond motifs is 1. The molecule has 206 valence electrons. The van der Waals surface area contributed by atoms with E-state index >= 15 is 0 Å². The molecule has 1 atom stereocenters. The molecule has 0 saturated heterocycles. The summed E-state index contributed by atoms with van der Waals surface area (Å²) in [6.07, 6.45) is 2.76. The van der Waals surface area contributed by atoms with Gasteiger partial charge in [-0.1, -0.05) is 47.5 Å². The maximum atomic E-state index is 13.9. The van der Waals surface area contributed by atoms with E-state index in [9.17, 15) is 17.2 Å². The van der Waals surface area contributed by atoms with Crippen LogP contribution in [0.2, 0.25) is 10.0 Å². The van der Waals surface area contributed by atoms with Crippen LogP contribution >= 0.6 is 23.2 Å². The summed E-state index contributed by atoms with van der Waals surface area (Å²) in [6, 6.07) is 15.0. The third kappa shape index (κ3) is 5.66. The molecule has 1 unspecified atom stereocenters. The molecule has 0 aliphatic carbocycles. The predicted octanol–water partition coefficient (Wildman–Crippen LogP) is 6.50. The van der Waals surface area contributed by atoms with Crippen molar-refractivity contribution in [1.82, 2.24) is 14.8 Å². The summed E-state index contributed by atoms with van der Waals surface area (Å²) in [5.74, 6) is -1.34. The zero-order valence-electron chi connectivity index (χ0n) is 21.3. The summed E-state index contributed by atoms with van der Waals surface area (Å²) >= 11 is 13.0. The van der Waals surface area contributed by atoms with Gasteiger partial charge in [-0.25, -0.2) is 17.2 Å². The van der Waals surface area contributed by atoms with Crippen molar-refractivity contribution in [1.29, 1.82) is 0 Å². The lowest BCUT2D eigenvalue weighted by molar-refractivity contribution is 0.575. The van der Waals surface area contributed by atoms with Gasteiger partial charge in [0.25, 0.3) is 0 Å². The summed E-state index contributed by atoms with van der Waals surface area (Å²) in [6.45, 7) is 0. The van der Waals surface area contributed by atoms with Crippen molar-refractivity contribution in [3.05, 3.63) is 99.8 Å². The molecular weight excluding hydrogens is 579 g/mol. The molecule has 0 spiro atoms. The molecule has 0 amide bonds. The molecule has 12 heteroatoms.